The van der Waals surface area contributed by atoms with Crippen LogP contribution in [0.2, 0.25) is 0 Å². The van der Waals surface area contributed by atoms with Gasteiger partial charge in [-0.25, -0.2) is 4.98 Å². The van der Waals surface area contributed by atoms with Gasteiger partial charge >= 0.3 is 5.97 Å². The maximum atomic E-state index is 11.5. The number of hydrogen-bond acceptors (Lipinski definition) is 5. The Labute approximate surface area is 127 Å². The number of rotatable bonds is 5. The van der Waals surface area contributed by atoms with E-state index in [9.17, 15) is 9.90 Å². The van der Waals surface area contributed by atoms with Crippen LogP contribution in [0.15, 0.2) is 28.2 Å². The molecule has 0 saturated carbocycles. The first-order chi connectivity index (χ1) is 10.1. The smallest absolute Gasteiger partial charge is 0.310 e. The molecule has 112 valence electrons. The predicted octanol–water partition coefficient (Wildman–Crippen LogP) is 3.09. The van der Waals surface area contributed by atoms with E-state index >= 15 is 0 Å². The summed E-state index contributed by atoms with van der Waals surface area (Å²) >= 11 is 1.55. The first-order valence-electron chi connectivity index (χ1n) is 7.07. The average molecular weight is 306 g/mol. The summed E-state index contributed by atoms with van der Waals surface area (Å²) in [5, 5.41) is 12.3. The fourth-order valence-electron chi connectivity index (χ4n) is 2.83. The quantitative estimate of drug-likeness (QED) is 0.919. The van der Waals surface area contributed by atoms with Crippen molar-refractivity contribution < 1.29 is 14.3 Å². The summed E-state index contributed by atoms with van der Waals surface area (Å²) in [7, 11) is 0. The molecule has 3 rings (SSSR count). The minimum absolute atomic E-state index is 0.583. The maximum absolute atomic E-state index is 11.5. The van der Waals surface area contributed by atoms with Crippen molar-refractivity contribution in [1.29, 1.82) is 0 Å². The lowest BCUT2D eigenvalue weighted by Crippen LogP contribution is -2.33. The van der Waals surface area contributed by atoms with E-state index in [0.29, 0.717) is 25.9 Å². The van der Waals surface area contributed by atoms with Gasteiger partial charge in [-0.1, -0.05) is 6.92 Å². The van der Waals surface area contributed by atoms with Gasteiger partial charge in [0.1, 0.15) is 0 Å². The second-order valence-electron chi connectivity index (χ2n) is 5.52. The number of aliphatic carboxylic acids is 1. The molecule has 1 aliphatic heterocycles. The minimum Gasteiger partial charge on any atom is -0.481 e. The molecule has 1 unspecified atom stereocenters. The van der Waals surface area contributed by atoms with Crippen LogP contribution in [-0.2, 0) is 11.3 Å². The molecule has 0 aromatic carbocycles. The van der Waals surface area contributed by atoms with Crippen molar-refractivity contribution in [3.63, 3.8) is 0 Å². The van der Waals surface area contributed by atoms with Gasteiger partial charge in [-0.2, -0.15) is 0 Å². The van der Waals surface area contributed by atoms with Crippen molar-refractivity contribution in [2.45, 2.75) is 26.3 Å². The molecular weight excluding hydrogens is 288 g/mol. The summed E-state index contributed by atoms with van der Waals surface area (Å²) in [6, 6.07) is 3.74. The zero-order chi connectivity index (χ0) is 14.9. The fraction of sp³-hybridized carbons (Fsp3) is 0.467. The number of carbonyl (C=O) groups is 1. The number of carboxylic acids is 1. The molecule has 1 aliphatic rings. The van der Waals surface area contributed by atoms with Gasteiger partial charge in [0.05, 0.1) is 17.4 Å². The first kappa shape index (κ1) is 14.3. The number of furan rings is 1. The fourth-order valence-corrected chi connectivity index (χ4v) is 3.61. The van der Waals surface area contributed by atoms with Gasteiger partial charge in [0, 0.05) is 18.5 Å². The molecule has 5 nitrogen and oxygen atoms in total. The summed E-state index contributed by atoms with van der Waals surface area (Å²) in [4.78, 5) is 18.2. The molecule has 2 aromatic rings. The summed E-state index contributed by atoms with van der Waals surface area (Å²) in [5.74, 6) is 0.100. The van der Waals surface area contributed by atoms with Crippen LogP contribution in [-0.4, -0.2) is 34.0 Å². The van der Waals surface area contributed by atoms with E-state index in [2.05, 4.69) is 9.88 Å². The lowest BCUT2D eigenvalue weighted by molar-refractivity contribution is -0.148. The molecular formula is C15H18N2O3S. The second-order valence-corrected chi connectivity index (χ2v) is 6.38. The van der Waals surface area contributed by atoms with Gasteiger partial charge in [0.15, 0.2) is 10.8 Å². The molecule has 2 aromatic heterocycles. The number of nitrogens with zero attached hydrogens (tertiary/aromatic N) is 2. The molecule has 21 heavy (non-hydrogen) atoms. The molecule has 1 saturated heterocycles. The predicted molar refractivity (Wildman–Crippen MR) is 80.1 cm³/mol. The van der Waals surface area contributed by atoms with Crippen molar-refractivity contribution in [3.05, 3.63) is 29.5 Å². The van der Waals surface area contributed by atoms with Crippen molar-refractivity contribution in [3.8, 4) is 10.8 Å². The van der Waals surface area contributed by atoms with Crippen LogP contribution in [0.4, 0.5) is 0 Å². The number of aromatic nitrogens is 1. The van der Waals surface area contributed by atoms with Crippen LogP contribution in [0.5, 0.6) is 0 Å². The monoisotopic (exact) mass is 306 g/mol. The van der Waals surface area contributed by atoms with E-state index in [0.717, 1.165) is 23.0 Å². The molecule has 3 heterocycles. The van der Waals surface area contributed by atoms with E-state index in [1.165, 1.54) is 0 Å². The van der Waals surface area contributed by atoms with Gasteiger partial charge in [0.2, 0.25) is 0 Å². The summed E-state index contributed by atoms with van der Waals surface area (Å²) in [6.45, 7) is 4.07. The molecule has 0 radical (unpaired) electrons. The Morgan fingerprint density at radius 3 is 3.10 bits per heavy atom. The number of thiazole rings is 1. The highest BCUT2D eigenvalue weighted by atomic mass is 32.1. The van der Waals surface area contributed by atoms with Gasteiger partial charge in [-0.05, 0) is 31.5 Å². The topological polar surface area (TPSA) is 66.6 Å². The Morgan fingerprint density at radius 2 is 2.48 bits per heavy atom. The van der Waals surface area contributed by atoms with Crippen molar-refractivity contribution in [1.82, 2.24) is 9.88 Å². The SMILES string of the molecule is CCC1(C(=O)O)CCN(Cc2csc(-c3ccco3)n2)C1. The molecule has 0 amide bonds. The van der Waals surface area contributed by atoms with Crippen LogP contribution < -0.4 is 0 Å². The van der Waals surface area contributed by atoms with Gasteiger partial charge in [-0.15, -0.1) is 11.3 Å². The highest BCUT2D eigenvalue weighted by molar-refractivity contribution is 7.13. The van der Waals surface area contributed by atoms with Crippen LogP contribution in [0.25, 0.3) is 10.8 Å². The zero-order valence-corrected chi connectivity index (χ0v) is 12.7. The van der Waals surface area contributed by atoms with E-state index in [1.807, 2.05) is 24.4 Å². The Kier molecular flexibility index (Phi) is 3.82. The Balaban J connectivity index is 1.67. The van der Waals surface area contributed by atoms with E-state index < -0.39 is 11.4 Å². The van der Waals surface area contributed by atoms with E-state index in [1.54, 1.807) is 17.6 Å². The van der Waals surface area contributed by atoms with Crippen molar-refractivity contribution in [2.24, 2.45) is 5.41 Å². The normalized spacial score (nSPS) is 22.7. The Bertz CT molecular complexity index is 623. The average Bonchev–Trinajstić information content (AvgIpc) is 3.19. The zero-order valence-electron chi connectivity index (χ0n) is 11.9. The Morgan fingerprint density at radius 1 is 1.62 bits per heavy atom. The van der Waals surface area contributed by atoms with Gasteiger partial charge in [0.25, 0.3) is 0 Å². The third-order valence-electron chi connectivity index (χ3n) is 4.23. The molecule has 1 fully saturated rings. The third-order valence-corrected chi connectivity index (χ3v) is 5.14. The van der Waals surface area contributed by atoms with Crippen molar-refractivity contribution >= 4 is 17.3 Å². The molecule has 0 aliphatic carbocycles. The van der Waals surface area contributed by atoms with E-state index in [4.69, 9.17) is 4.42 Å². The molecule has 6 heteroatoms. The second kappa shape index (κ2) is 5.61. The molecule has 0 spiro atoms. The summed E-state index contributed by atoms with van der Waals surface area (Å²) < 4.78 is 5.34. The largest absolute Gasteiger partial charge is 0.481 e. The third kappa shape index (κ3) is 2.73. The van der Waals surface area contributed by atoms with Crippen LogP contribution >= 0.6 is 11.3 Å². The molecule has 0 bridgehead atoms. The van der Waals surface area contributed by atoms with E-state index in [-0.39, 0.29) is 0 Å². The van der Waals surface area contributed by atoms with Gasteiger partial charge in [-0.3, -0.25) is 9.69 Å². The standard InChI is InChI=1S/C15H18N2O3S/c1-2-15(14(18)19)5-6-17(10-15)8-11-9-21-13(16-11)12-4-3-7-20-12/h3-4,7,9H,2,5-6,8,10H2,1H3,(H,18,19). The lowest BCUT2D eigenvalue weighted by atomic mass is 9.84. The number of carboxylic acid groups (broad SMARTS) is 1. The first-order valence-corrected chi connectivity index (χ1v) is 7.95. The number of likely N-dealkylation sites (tertiary alicyclic amines) is 1. The highest BCUT2D eigenvalue weighted by Gasteiger charge is 2.43. The minimum atomic E-state index is -0.679. The van der Waals surface area contributed by atoms with Gasteiger partial charge < -0.3 is 9.52 Å². The molecule has 1 atom stereocenters. The maximum Gasteiger partial charge on any atom is 0.310 e. The van der Waals surface area contributed by atoms with Crippen LogP contribution in [0.3, 0.4) is 0 Å². The number of hydrogen-bond donors (Lipinski definition) is 1. The summed E-state index contributed by atoms with van der Waals surface area (Å²) in [5.41, 5.74) is 0.392. The highest BCUT2D eigenvalue weighted by Crippen LogP contribution is 2.35. The Hall–Kier alpha value is -1.66. The lowest BCUT2D eigenvalue weighted by Gasteiger charge is -2.22. The summed E-state index contributed by atoms with van der Waals surface area (Å²) in [6.07, 6.45) is 3.03. The van der Waals surface area contributed by atoms with Crippen LogP contribution in [0.1, 0.15) is 25.5 Å². The van der Waals surface area contributed by atoms with Crippen LogP contribution in [0, 0.1) is 5.41 Å². The van der Waals surface area contributed by atoms with Crippen molar-refractivity contribution in [2.75, 3.05) is 13.1 Å². The molecule has 1 N–H and O–H groups in total.